The number of pyridine rings is 1. The molecule has 1 aliphatic rings. The zero-order valence-corrected chi connectivity index (χ0v) is 17.5. The summed E-state index contributed by atoms with van der Waals surface area (Å²) in [5.74, 6) is 1.04. The maximum absolute atomic E-state index is 12.1. The number of cyclic esters (lactones) is 1. The van der Waals surface area contributed by atoms with Gasteiger partial charge in [0.1, 0.15) is 12.4 Å². The van der Waals surface area contributed by atoms with E-state index >= 15 is 0 Å². The van der Waals surface area contributed by atoms with Crippen molar-refractivity contribution in [2.24, 2.45) is 5.92 Å². The lowest BCUT2D eigenvalue weighted by Crippen LogP contribution is -2.37. The number of unbranched alkanes of at least 4 members (excludes halogenated alkanes) is 3. The molecule has 2 heterocycles. The van der Waals surface area contributed by atoms with Crippen molar-refractivity contribution in [3.05, 3.63) is 59.8 Å². The lowest BCUT2D eigenvalue weighted by molar-refractivity contribution is 0.116. The van der Waals surface area contributed by atoms with Gasteiger partial charge in [-0.3, -0.25) is 4.90 Å². The second-order valence-electron chi connectivity index (χ2n) is 7.95. The molecule has 0 aliphatic carbocycles. The molecule has 0 radical (unpaired) electrons. The van der Waals surface area contributed by atoms with Crippen LogP contribution in [0.1, 0.15) is 50.8 Å². The van der Waals surface area contributed by atoms with Crippen LogP contribution in [-0.4, -0.2) is 30.3 Å². The first-order chi connectivity index (χ1) is 14.1. The summed E-state index contributed by atoms with van der Waals surface area (Å²) >= 11 is 0. The average Bonchev–Trinajstić information content (AvgIpc) is 3.13. The van der Waals surface area contributed by atoms with E-state index in [1.165, 1.54) is 5.56 Å². The number of ether oxygens (including phenoxy) is 2. The summed E-state index contributed by atoms with van der Waals surface area (Å²) in [6.07, 6.45) is 5.12. The first-order valence-electron chi connectivity index (χ1n) is 10.7. The van der Waals surface area contributed by atoms with E-state index in [2.05, 4.69) is 26.0 Å². The first-order valence-corrected chi connectivity index (χ1v) is 10.7. The van der Waals surface area contributed by atoms with Crippen molar-refractivity contribution in [3.63, 3.8) is 0 Å². The minimum Gasteiger partial charge on any atom is -0.447 e. The molecule has 0 bridgehead atoms. The van der Waals surface area contributed by atoms with Gasteiger partial charge in [0.2, 0.25) is 0 Å². The molecule has 3 rings (SSSR count). The van der Waals surface area contributed by atoms with Crippen LogP contribution in [0.15, 0.2) is 48.5 Å². The smallest absolute Gasteiger partial charge is 0.415 e. The van der Waals surface area contributed by atoms with Crippen LogP contribution in [0.3, 0.4) is 0 Å². The van der Waals surface area contributed by atoms with Gasteiger partial charge in [0, 0.05) is 12.3 Å². The van der Waals surface area contributed by atoms with Crippen LogP contribution >= 0.6 is 0 Å². The molecule has 5 nitrogen and oxygen atoms in total. The summed E-state index contributed by atoms with van der Waals surface area (Å²) in [6, 6.07) is 16.3. The monoisotopic (exact) mass is 396 g/mol. The third-order valence-corrected chi connectivity index (χ3v) is 5.30. The van der Waals surface area contributed by atoms with Crippen molar-refractivity contribution in [3.8, 4) is 0 Å². The molecule has 0 spiro atoms. The zero-order chi connectivity index (χ0) is 20.5. The van der Waals surface area contributed by atoms with E-state index in [0.29, 0.717) is 24.9 Å². The topological polar surface area (TPSA) is 51.7 Å². The molecule has 156 valence electrons. The number of carbonyl (C=O) groups excluding carboxylic acids is 1. The largest absolute Gasteiger partial charge is 0.447 e. The predicted molar refractivity (Wildman–Crippen MR) is 115 cm³/mol. The minimum absolute atomic E-state index is 0.0566. The molecule has 1 saturated heterocycles. The standard InChI is InChI=1S/C24H32N2O3/c1-19(2)22-18-29-24(27)26(22)23-15-10-14-21(25-23)13-8-3-4-9-16-28-17-20-11-6-5-7-12-20/h5-7,10-12,14-15,19,22H,3-4,8-9,13,16-18H2,1-2H3/t22-/m0/s1. The van der Waals surface area contributed by atoms with E-state index in [4.69, 9.17) is 14.5 Å². The van der Waals surface area contributed by atoms with E-state index in [1.807, 2.05) is 36.4 Å². The van der Waals surface area contributed by atoms with Crippen LogP contribution in [0, 0.1) is 5.92 Å². The van der Waals surface area contributed by atoms with Gasteiger partial charge in [-0.2, -0.15) is 0 Å². The number of amides is 1. The number of aromatic nitrogens is 1. The van der Waals surface area contributed by atoms with Gasteiger partial charge < -0.3 is 9.47 Å². The number of hydrogen-bond acceptors (Lipinski definition) is 4. The summed E-state index contributed by atoms with van der Waals surface area (Å²) in [6.45, 7) is 6.14. The molecule has 0 N–H and O–H groups in total. The molecule has 5 heteroatoms. The molecule has 0 unspecified atom stereocenters. The van der Waals surface area contributed by atoms with Crippen LogP contribution in [0.5, 0.6) is 0 Å². The highest BCUT2D eigenvalue weighted by Crippen LogP contribution is 2.26. The van der Waals surface area contributed by atoms with E-state index in [9.17, 15) is 4.79 Å². The third-order valence-electron chi connectivity index (χ3n) is 5.30. The van der Waals surface area contributed by atoms with Gasteiger partial charge in [0.25, 0.3) is 0 Å². The van der Waals surface area contributed by atoms with Gasteiger partial charge in [0.05, 0.1) is 12.6 Å². The first kappa shape index (κ1) is 21.3. The van der Waals surface area contributed by atoms with Gasteiger partial charge >= 0.3 is 6.09 Å². The highest BCUT2D eigenvalue weighted by atomic mass is 16.6. The van der Waals surface area contributed by atoms with Crippen molar-refractivity contribution in [2.75, 3.05) is 18.1 Å². The number of benzene rings is 1. The summed E-state index contributed by atoms with van der Waals surface area (Å²) < 4.78 is 11.0. The molecule has 1 amide bonds. The molecule has 1 fully saturated rings. The van der Waals surface area contributed by atoms with Crippen LogP contribution in [0.25, 0.3) is 0 Å². The second kappa shape index (κ2) is 11.0. The van der Waals surface area contributed by atoms with E-state index < -0.39 is 0 Å². The Morgan fingerprint density at radius 1 is 1.07 bits per heavy atom. The molecule has 1 aliphatic heterocycles. The fourth-order valence-electron chi connectivity index (χ4n) is 3.56. The summed E-state index contributed by atoms with van der Waals surface area (Å²) in [5.41, 5.74) is 2.25. The SMILES string of the molecule is CC(C)[C@@H]1COC(=O)N1c1cccc(CCCCCCOCc2ccccc2)n1. The summed E-state index contributed by atoms with van der Waals surface area (Å²) in [5, 5.41) is 0. The highest BCUT2D eigenvalue weighted by Gasteiger charge is 2.36. The predicted octanol–water partition coefficient (Wildman–Crippen LogP) is 5.38. The lowest BCUT2D eigenvalue weighted by atomic mass is 10.0. The Morgan fingerprint density at radius 3 is 2.66 bits per heavy atom. The van der Waals surface area contributed by atoms with Crippen molar-refractivity contribution in [1.29, 1.82) is 0 Å². The van der Waals surface area contributed by atoms with E-state index in [0.717, 1.165) is 44.4 Å². The lowest BCUT2D eigenvalue weighted by Gasteiger charge is -2.23. The van der Waals surface area contributed by atoms with Gasteiger partial charge in [-0.25, -0.2) is 9.78 Å². The van der Waals surface area contributed by atoms with E-state index in [1.54, 1.807) is 4.90 Å². The third kappa shape index (κ3) is 6.29. The van der Waals surface area contributed by atoms with Gasteiger partial charge in [-0.05, 0) is 42.9 Å². The molecule has 0 saturated carbocycles. The minimum atomic E-state index is -0.288. The zero-order valence-electron chi connectivity index (χ0n) is 17.5. The Morgan fingerprint density at radius 2 is 1.86 bits per heavy atom. The summed E-state index contributed by atoms with van der Waals surface area (Å²) in [4.78, 5) is 18.6. The van der Waals surface area contributed by atoms with Gasteiger partial charge in [-0.15, -0.1) is 0 Å². The Hall–Kier alpha value is -2.40. The molecule has 29 heavy (non-hydrogen) atoms. The molecule has 1 atom stereocenters. The fourth-order valence-corrected chi connectivity index (χ4v) is 3.56. The van der Waals surface area contributed by atoms with Crippen LogP contribution in [0.4, 0.5) is 10.6 Å². The molecule has 1 aromatic carbocycles. The Balaban J connectivity index is 1.36. The maximum Gasteiger partial charge on any atom is 0.415 e. The second-order valence-corrected chi connectivity index (χ2v) is 7.95. The maximum atomic E-state index is 12.1. The Bertz CT molecular complexity index is 764. The molecular formula is C24H32N2O3. The summed E-state index contributed by atoms with van der Waals surface area (Å²) in [7, 11) is 0. The molecule has 1 aromatic heterocycles. The van der Waals surface area contributed by atoms with Crippen molar-refractivity contribution >= 4 is 11.9 Å². The number of anilines is 1. The normalized spacial score (nSPS) is 16.4. The van der Waals surface area contributed by atoms with Gasteiger partial charge in [0.15, 0.2) is 0 Å². The Labute approximate surface area is 174 Å². The molecule has 2 aromatic rings. The quantitative estimate of drug-likeness (QED) is 0.478. The van der Waals surface area contributed by atoms with Crippen LogP contribution in [0.2, 0.25) is 0 Å². The number of aryl methyl sites for hydroxylation is 1. The Kier molecular flexibility index (Phi) is 8.05. The fraction of sp³-hybridized carbons (Fsp3) is 0.500. The van der Waals surface area contributed by atoms with Crippen LogP contribution in [-0.2, 0) is 22.5 Å². The van der Waals surface area contributed by atoms with Crippen molar-refractivity contribution in [1.82, 2.24) is 4.98 Å². The average molecular weight is 397 g/mol. The number of carbonyl (C=O) groups is 1. The number of hydrogen-bond donors (Lipinski definition) is 0. The molecular weight excluding hydrogens is 364 g/mol. The number of rotatable bonds is 11. The van der Waals surface area contributed by atoms with Crippen LogP contribution < -0.4 is 4.90 Å². The number of nitrogens with zero attached hydrogens (tertiary/aromatic N) is 2. The highest BCUT2D eigenvalue weighted by molar-refractivity contribution is 5.89. The van der Waals surface area contributed by atoms with Gasteiger partial charge in [-0.1, -0.05) is 63.1 Å². The van der Waals surface area contributed by atoms with Crippen molar-refractivity contribution in [2.45, 2.75) is 58.6 Å². The van der Waals surface area contributed by atoms with E-state index in [-0.39, 0.29) is 12.1 Å². The van der Waals surface area contributed by atoms with Crippen molar-refractivity contribution < 1.29 is 14.3 Å².